The molecule has 1 aromatic heterocycles. The van der Waals surface area contributed by atoms with Crippen molar-refractivity contribution in [3.05, 3.63) is 59.8 Å². The lowest BCUT2D eigenvalue weighted by atomic mass is 9.95. The number of benzene rings is 2. The normalized spacial score (nSPS) is 10.4. The van der Waals surface area contributed by atoms with Gasteiger partial charge in [0.25, 0.3) is 0 Å². The second-order valence-corrected chi connectivity index (χ2v) is 7.12. The fraction of sp³-hybridized carbons (Fsp3) is 0.208. The summed E-state index contributed by atoms with van der Waals surface area (Å²) in [5.74, 6) is 2.76. The van der Waals surface area contributed by atoms with Crippen LogP contribution in [0.1, 0.15) is 18.1 Å². The third kappa shape index (κ3) is 5.14. The number of hydrogen-bond acceptors (Lipinski definition) is 4. The third-order valence-corrected chi connectivity index (χ3v) is 4.98. The molecule has 3 amide bonds. The molecular formula is C24H25N5O3. The Morgan fingerprint density at radius 1 is 1.19 bits per heavy atom. The van der Waals surface area contributed by atoms with Crippen molar-refractivity contribution in [3.8, 4) is 23.5 Å². The second-order valence-electron chi connectivity index (χ2n) is 7.12. The molecule has 0 aliphatic rings. The second kappa shape index (κ2) is 10.3. The first-order valence-corrected chi connectivity index (χ1v) is 10.1. The van der Waals surface area contributed by atoms with Gasteiger partial charge in [-0.15, -0.1) is 6.42 Å². The maximum absolute atomic E-state index is 12.0. The summed E-state index contributed by atoms with van der Waals surface area (Å²) < 4.78 is 0. The number of nitrogens with one attached hydrogen (secondary N) is 2. The van der Waals surface area contributed by atoms with Crippen molar-refractivity contribution in [1.82, 2.24) is 15.2 Å². The van der Waals surface area contributed by atoms with Gasteiger partial charge in [-0.1, -0.05) is 42.3 Å². The quantitative estimate of drug-likeness (QED) is 0.426. The lowest BCUT2D eigenvalue weighted by molar-refractivity contribution is 0.149. The van der Waals surface area contributed by atoms with Gasteiger partial charge in [-0.25, -0.2) is 14.6 Å². The van der Waals surface area contributed by atoms with Gasteiger partial charge in [0.15, 0.2) is 0 Å². The van der Waals surface area contributed by atoms with Crippen molar-refractivity contribution < 1.29 is 14.7 Å². The maximum Gasteiger partial charge on any atom is 0.408 e. The highest BCUT2D eigenvalue weighted by Gasteiger charge is 2.16. The Labute approximate surface area is 186 Å². The van der Waals surface area contributed by atoms with Gasteiger partial charge >= 0.3 is 12.1 Å². The predicted molar refractivity (Wildman–Crippen MR) is 125 cm³/mol. The number of pyridine rings is 1. The van der Waals surface area contributed by atoms with Crippen LogP contribution in [0.2, 0.25) is 0 Å². The Kier molecular flexibility index (Phi) is 7.26. The monoisotopic (exact) mass is 431 g/mol. The summed E-state index contributed by atoms with van der Waals surface area (Å²) >= 11 is 0. The van der Waals surface area contributed by atoms with Crippen LogP contribution in [0.3, 0.4) is 0 Å². The Bertz CT molecular complexity index is 1170. The van der Waals surface area contributed by atoms with Crippen LogP contribution in [0, 0.1) is 12.3 Å². The van der Waals surface area contributed by atoms with Crippen LogP contribution in [-0.4, -0.2) is 40.2 Å². The zero-order valence-corrected chi connectivity index (χ0v) is 17.8. The number of amides is 3. The lowest BCUT2D eigenvalue weighted by Gasteiger charge is -2.19. The van der Waals surface area contributed by atoms with Crippen LogP contribution in [0.15, 0.2) is 48.7 Å². The molecule has 0 unspecified atom stereocenters. The van der Waals surface area contributed by atoms with Gasteiger partial charge in [0.05, 0.1) is 13.1 Å². The van der Waals surface area contributed by atoms with Gasteiger partial charge in [-0.05, 0) is 40.6 Å². The van der Waals surface area contributed by atoms with Crippen molar-refractivity contribution in [3.63, 3.8) is 0 Å². The van der Waals surface area contributed by atoms with Crippen LogP contribution >= 0.6 is 0 Å². The van der Waals surface area contributed by atoms with Gasteiger partial charge in [-0.2, -0.15) is 0 Å². The fourth-order valence-electron chi connectivity index (χ4n) is 3.40. The van der Waals surface area contributed by atoms with Crippen LogP contribution in [0.4, 0.5) is 15.4 Å². The molecule has 0 bridgehead atoms. The average Bonchev–Trinajstić information content (AvgIpc) is 2.79. The van der Waals surface area contributed by atoms with Gasteiger partial charge in [0, 0.05) is 24.7 Å². The average molecular weight is 431 g/mol. The summed E-state index contributed by atoms with van der Waals surface area (Å²) in [6, 6.07) is 13.1. The topological polar surface area (TPSA) is 121 Å². The minimum atomic E-state index is -1.10. The number of aromatic nitrogens is 1. The van der Waals surface area contributed by atoms with E-state index in [0.29, 0.717) is 18.9 Å². The summed E-state index contributed by atoms with van der Waals surface area (Å²) in [7, 11) is 0. The van der Waals surface area contributed by atoms with Gasteiger partial charge in [0.2, 0.25) is 0 Å². The molecule has 8 nitrogen and oxygen atoms in total. The zero-order chi connectivity index (χ0) is 23.1. The number of anilines is 1. The number of nitrogens with two attached hydrogens (primary N) is 1. The number of carboxylic acid groups (broad SMARTS) is 1. The van der Waals surface area contributed by atoms with Crippen LogP contribution < -0.4 is 16.4 Å². The number of carbonyl (C=O) groups is 2. The van der Waals surface area contributed by atoms with Gasteiger partial charge in [0.1, 0.15) is 5.82 Å². The molecule has 32 heavy (non-hydrogen) atoms. The molecule has 3 aromatic rings. The molecule has 1 heterocycles. The van der Waals surface area contributed by atoms with E-state index in [0.717, 1.165) is 37.9 Å². The highest BCUT2D eigenvalue weighted by atomic mass is 16.4. The number of carbonyl (C=O) groups excluding carboxylic acids is 1. The van der Waals surface area contributed by atoms with E-state index in [4.69, 9.17) is 12.2 Å². The van der Waals surface area contributed by atoms with Gasteiger partial charge < -0.3 is 16.2 Å². The van der Waals surface area contributed by atoms with E-state index in [9.17, 15) is 14.7 Å². The van der Waals surface area contributed by atoms with E-state index >= 15 is 0 Å². The van der Waals surface area contributed by atoms with Crippen LogP contribution in [-0.2, 0) is 13.1 Å². The summed E-state index contributed by atoms with van der Waals surface area (Å²) in [6.45, 7) is 2.86. The molecule has 164 valence electrons. The molecule has 0 aliphatic carbocycles. The Balaban J connectivity index is 2.11. The molecule has 0 fully saturated rings. The molecule has 0 aliphatic heterocycles. The predicted octanol–water partition coefficient (Wildman–Crippen LogP) is 3.62. The highest BCUT2D eigenvalue weighted by Crippen LogP contribution is 2.33. The smallest absolute Gasteiger partial charge is 0.408 e. The zero-order valence-electron chi connectivity index (χ0n) is 17.8. The van der Waals surface area contributed by atoms with Crippen molar-refractivity contribution in [1.29, 1.82) is 0 Å². The number of fused-ring (bicyclic) bond motifs is 1. The van der Waals surface area contributed by atoms with E-state index in [2.05, 4.69) is 21.5 Å². The molecule has 8 heteroatoms. The van der Waals surface area contributed by atoms with E-state index < -0.39 is 6.09 Å². The molecule has 0 radical (unpaired) electrons. The van der Waals surface area contributed by atoms with Crippen molar-refractivity contribution in [2.75, 3.05) is 18.4 Å². The number of rotatable bonds is 7. The van der Waals surface area contributed by atoms with E-state index in [1.54, 1.807) is 12.3 Å². The Morgan fingerprint density at radius 3 is 2.56 bits per heavy atom. The first-order valence-electron chi connectivity index (χ1n) is 10.1. The standard InChI is InChI=1S/C24H25N5O3/c1-3-11-29(24(31)32)15-18-9-10-19(17-7-5-16(13-25)6-8-17)20-12-22(27-14-21(18)20)28-23(30)26-4-2/h1,5-10,12,14H,4,11,13,15,25H2,2H3,(H,31,32)(H2,26,27,28,30). The summed E-state index contributed by atoms with van der Waals surface area (Å²) in [5.41, 5.74) is 9.38. The van der Waals surface area contributed by atoms with Crippen LogP contribution in [0.25, 0.3) is 21.9 Å². The molecule has 0 atom stereocenters. The summed E-state index contributed by atoms with van der Waals surface area (Å²) in [4.78, 5) is 29.0. The SMILES string of the molecule is C#CCN(Cc1ccc(-c2ccc(CN)cc2)c2cc(NC(=O)NCC)ncc12)C(=O)O. The number of urea groups is 1. The third-order valence-electron chi connectivity index (χ3n) is 4.98. The number of nitrogens with zero attached hydrogens (tertiary/aromatic N) is 2. The van der Waals surface area contributed by atoms with Crippen molar-refractivity contribution in [2.45, 2.75) is 20.0 Å². The van der Waals surface area contributed by atoms with E-state index in [1.807, 2.05) is 43.3 Å². The minimum absolute atomic E-state index is 0.0244. The Morgan fingerprint density at radius 2 is 1.94 bits per heavy atom. The van der Waals surface area contributed by atoms with E-state index in [-0.39, 0.29) is 19.1 Å². The molecule has 0 saturated carbocycles. The summed E-state index contributed by atoms with van der Waals surface area (Å²) in [6.07, 6.45) is 5.87. The highest BCUT2D eigenvalue weighted by molar-refractivity contribution is 6.01. The first kappa shape index (κ1) is 22.6. The largest absolute Gasteiger partial charge is 0.465 e. The molecule has 3 rings (SSSR count). The van der Waals surface area contributed by atoms with Crippen molar-refractivity contribution >= 4 is 28.7 Å². The van der Waals surface area contributed by atoms with E-state index in [1.165, 1.54) is 0 Å². The lowest BCUT2D eigenvalue weighted by Crippen LogP contribution is -2.29. The molecule has 0 saturated heterocycles. The summed E-state index contributed by atoms with van der Waals surface area (Å²) in [5, 5.41) is 16.5. The Hall–Kier alpha value is -4.09. The number of hydrogen-bond donors (Lipinski definition) is 4. The fourth-order valence-corrected chi connectivity index (χ4v) is 3.40. The van der Waals surface area contributed by atoms with Crippen LogP contribution in [0.5, 0.6) is 0 Å². The van der Waals surface area contributed by atoms with Crippen molar-refractivity contribution in [2.24, 2.45) is 5.73 Å². The molecule has 5 N–H and O–H groups in total. The molecule has 2 aromatic carbocycles. The number of terminal acetylenes is 1. The van der Waals surface area contributed by atoms with Gasteiger partial charge in [-0.3, -0.25) is 10.2 Å². The molecular weight excluding hydrogens is 406 g/mol. The minimum Gasteiger partial charge on any atom is -0.465 e. The first-order chi connectivity index (χ1) is 15.5. The molecule has 0 spiro atoms. The maximum atomic E-state index is 12.0.